The summed E-state index contributed by atoms with van der Waals surface area (Å²) in [6, 6.07) is 0. The number of nitrogens with zero attached hydrogens (tertiary/aromatic N) is 2. The Bertz CT molecular complexity index is 437. The van der Waals surface area contributed by atoms with Crippen molar-refractivity contribution < 1.29 is 18.6 Å². The molecule has 1 aliphatic heterocycles. The van der Waals surface area contributed by atoms with Crippen LogP contribution < -0.4 is 0 Å². The maximum Gasteiger partial charge on any atom is 0.248 e. The molecule has 2 aliphatic rings. The van der Waals surface area contributed by atoms with E-state index in [2.05, 4.69) is 5.10 Å². The van der Waals surface area contributed by atoms with Crippen molar-refractivity contribution in [3.63, 3.8) is 0 Å². The molecule has 120 valence electrons. The molecule has 0 spiro atoms. The number of hydrogen-bond acceptors (Lipinski definition) is 3. The van der Waals surface area contributed by atoms with Gasteiger partial charge in [-0.1, -0.05) is 13.8 Å². The second-order valence-electron chi connectivity index (χ2n) is 5.54. The van der Waals surface area contributed by atoms with E-state index in [1.54, 1.807) is 17.1 Å². The Kier molecular flexibility index (Phi) is 5.32. The first kappa shape index (κ1) is 16.4. The Balaban J connectivity index is 0.000000774. The first-order chi connectivity index (χ1) is 10.1. The van der Waals surface area contributed by atoms with Crippen LogP contribution in [0.2, 0.25) is 0 Å². The summed E-state index contributed by atoms with van der Waals surface area (Å²) < 4.78 is 32.9. The van der Waals surface area contributed by atoms with Gasteiger partial charge in [0, 0.05) is 37.1 Å². The summed E-state index contributed by atoms with van der Waals surface area (Å²) in [7, 11) is 0. The molecule has 1 aromatic heterocycles. The van der Waals surface area contributed by atoms with Gasteiger partial charge in [0.25, 0.3) is 0 Å². The van der Waals surface area contributed by atoms with E-state index in [1.807, 2.05) is 13.8 Å². The van der Waals surface area contributed by atoms with Gasteiger partial charge in [-0.05, 0) is 19.3 Å². The lowest BCUT2D eigenvalue weighted by Crippen LogP contribution is -2.38. The van der Waals surface area contributed by atoms with Gasteiger partial charge in [-0.25, -0.2) is 13.5 Å². The third-order valence-corrected chi connectivity index (χ3v) is 3.98. The first-order valence-corrected chi connectivity index (χ1v) is 7.77. The van der Waals surface area contributed by atoms with E-state index in [4.69, 9.17) is 4.74 Å². The quantitative estimate of drug-likeness (QED) is 0.926. The fourth-order valence-corrected chi connectivity index (χ4v) is 2.80. The average Bonchev–Trinajstić information content (AvgIpc) is 2.97. The second-order valence-corrected chi connectivity index (χ2v) is 5.54. The SMILES string of the molecule is CC.OC(c1cnn(C2CCCCO2)c1)C1CC(F)(F)C1. The van der Waals surface area contributed by atoms with Crippen LogP contribution in [0, 0.1) is 5.92 Å². The van der Waals surface area contributed by atoms with Gasteiger partial charge in [-0.15, -0.1) is 0 Å². The number of hydrogen-bond donors (Lipinski definition) is 1. The lowest BCUT2D eigenvalue weighted by Gasteiger charge is -2.37. The Hall–Kier alpha value is -1.01. The van der Waals surface area contributed by atoms with E-state index >= 15 is 0 Å². The lowest BCUT2D eigenvalue weighted by molar-refractivity contribution is -0.142. The van der Waals surface area contributed by atoms with Gasteiger partial charge >= 0.3 is 0 Å². The second kappa shape index (κ2) is 6.83. The minimum absolute atomic E-state index is 0.0856. The molecule has 1 N–H and O–H groups in total. The third-order valence-electron chi connectivity index (χ3n) is 3.98. The molecule has 0 amide bonds. The topological polar surface area (TPSA) is 47.3 Å². The van der Waals surface area contributed by atoms with E-state index in [-0.39, 0.29) is 25.0 Å². The highest BCUT2D eigenvalue weighted by molar-refractivity contribution is 5.12. The van der Waals surface area contributed by atoms with Gasteiger partial charge in [0.05, 0.1) is 12.3 Å². The van der Waals surface area contributed by atoms with Crippen molar-refractivity contribution in [2.45, 2.75) is 64.2 Å². The summed E-state index contributed by atoms with van der Waals surface area (Å²) in [6.45, 7) is 4.72. The van der Waals surface area contributed by atoms with Gasteiger partial charge in [-0.2, -0.15) is 5.10 Å². The summed E-state index contributed by atoms with van der Waals surface area (Å²) >= 11 is 0. The number of rotatable bonds is 3. The van der Waals surface area contributed by atoms with Crippen molar-refractivity contribution in [3.8, 4) is 0 Å². The molecule has 21 heavy (non-hydrogen) atoms. The maximum atomic E-state index is 12.8. The van der Waals surface area contributed by atoms with Crippen LogP contribution in [-0.2, 0) is 4.74 Å². The molecule has 2 heterocycles. The van der Waals surface area contributed by atoms with E-state index in [1.165, 1.54) is 0 Å². The highest BCUT2D eigenvalue weighted by Crippen LogP contribution is 2.48. The highest BCUT2D eigenvalue weighted by Gasteiger charge is 2.48. The molecule has 4 nitrogen and oxygen atoms in total. The molecule has 1 aliphatic carbocycles. The smallest absolute Gasteiger partial charge is 0.248 e. The standard InChI is InChI=1S/C13H18F2N2O2.C2H6/c14-13(15)5-9(6-13)12(18)10-7-16-17(8-10)11-3-1-2-4-19-11;1-2/h7-9,11-12,18H,1-6H2;1-2H3. The fraction of sp³-hybridized carbons (Fsp3) is 0.800. The van der Waals surface area contributed by atoms with Crippen molar-refractivity contribution in [2.75, 3.05) is 6.61 Å². The molecule has 1 saturated carbocycles. The molecule has 0 radical (unpaired) electrons. The lowest BCUT2D eigenvalue weighted by atomic mass is 9.76. The zero-order valence-electron chi connectivity index (χ0n) is 12.6. The number of ether oxygens (including phenoxy) is 1. The molecule has 2 atom stereocenters. The molecule has 2 fully saturated rings. The first-order valence-electron chi connectivity index (χ1n) is 7.77. The molecule has 1 aromatic rings. The number of aliphatic hydroxyl groups is 1. The van der Waals surface area contributed by atoms with Gasteiger partial charge in [0.2, 0.25) is 5.92 Å². The van der Waals surface area contributed by atoms with Crippen LogP contribution in [0.5, 0.6) is 0 Å². The molecule has 2 unspecified atom stereocenters. The summed E-state index contributed by atoms with van der Waals surface area (Å²) in [5.41, 5.74) is 0.606. The van der Waals surface area contributed by atoms with E-state index < -0.39 is 12.0 Å². The maximum absolute atomic E-state index is 12.8. The van der Waals surface area contributed by atoms with E-state index in [0.717, 1.165) is 25.9 Å². The summed E-state index contributed by atoms with van der Waals surface area (Å²) in [4.78, 5) is 0. The molecule has 0 aromatic carbocycles. The van der Waals surface area contributed by atoms with E-state index in [0.29, 0.717) is 5.56 Å². The minimum Gasteiger partial charge on any atom is -0.388 e. The molecular weight excluding hydrogens is 278 g/mol. The van der Waals surface area contributed by atoms with E-state index in [9.17, 15) is 13.9 Å². The minimum atomic E-state index is -2.60. The fourth-order valence-electron chi connectivity index (χ4n) is 2.80. The van der Waals surface area contributed by atoms with Crippen molar-refractivity contribution in [3.05, 3.63) is 18.0 Å². The molecular formula is C15H24F2N2O2. The Morgan fingerprint density at radius 2 is 2.10 bits per heavy atom. The van der Waals surface area contributed by atoms with Crippen LogP contribution in [0.1, 0.15) is 63.8 Å². The summed E-state index contributed by atoms with van der Waals surface area (Å²) in [6.07, 6.45) is 4.92. The Morgan fingerprint density at radius 3 is 2.67 bits per heavy atom. The summed E-state index contributed by atoms with van der Waals surface area (Å²) in [5.74, 6) is -2.96. The normalized spacial score (nSPS) is 26.4. The predicted octanol–water partition coefficient (Wildman–Crippen LogP) is 3.69. The van der Waals surface area contributed by atoms with Gasteiger partial charge in [-0.3, -0.25) is 0 Å². The molecule has 0 bridgehead atoms. The van der Waals surface area contributed by atoms with Crippen LogP contribution in [0.4, 0.5) is 8.78 Å². The van der Waals surface area contributed by atoms with Crippen LogP contribution in [0.15, 0.2) is 12.4 Å². The Labute approximate surface area is 124 Å². The zero-order valence-corrected chi connectivity index (χ0v) is 12.6. The molecule has 6 heteroatoms. The molecule has 3 rings (SSSR count). The largest absolute Gasteiger partial charge is 0.388 e. The average molecular weight is 302 g/mol. The monoisotopic (exact) mass is 302 g/mol. The highest BCUT2D eigenvalue weighted by atomic mass is 19.3. The number of aliphatic hydroxyl groups excluding tert-OH is 1. The van der Waals surface area contributed by atoms with Crippen molar-refractivity contribution in [1.29, 1.82) is 0 Å². The van der Waals surface area contributed by atoms with Crippen LogP contribution >= 0.6 is 0 Å². The number of halogens is 2. The predicted molar refractivity (Wildman–Crippen MR) is 75.0 cm³/mol. The van der Waals surface area contributed by atoms with Crippen molar-refractivity contribution >= 4 is 0 Å². The zero-order chi connectivity index (χ0) is 15.5. The molecule has 1 saturated heterocycles. The van der Waals surface area contributed by atoms with Crippen LogP contribution in [-0.4, -0.2) is 27.4 Å². The van der Waals surface area contributed by atoms with Gasteiger partial charge in [0.1, 0.15) is 6.23 Å². The van der Waals surface area contributed by atoms with Crippen molar-refractivity contribution in [1.82, 2.24) is 9.78 Å². The summed E-state index contributed by atoms with van der Waals surface area (Å²) in [5, 5.41) is 14.2. The van der Waals surface area contributed by atoms with Crippen molar-refractivity contribution in [2.24, 2.45) is 5.92 Å². The number of aromatic nitrogens is 2. The van der Waals surface area contributed by atoms with Crippen LogP contribution in [0.3, 0.4) is 0 Å². The van der Waals surface area contributed by atoms with Gasteiger partial charge < -0.3 is 9.84 Å². The Morgan fingerprint density at radius 1 is 1.38 bits per heavy atom. The van der Waals surface area contributed by atoms with Gasteiger partial charge in [0.15, 0.2) is 0 Å². The third kappa shape index (κ3) is 3.80. The van der Waals surface area contributed by atoms with Crippen LogP contribution in [0.25, 0.3) is 0 Å². The number of alkyl halides is 2.